The van der Waals surface area contributed by atoms with Crippen LogP contribution in [0.3, 0.4) is 0 Å². The molecule has 1 amide bonds. The highest BCUT2D eigenvalue weighted by molar-refractivity contribution is 8.27. The third kappa shape index (κ3) is 4.35. The number of rotatable bonds is 6. The van der Waals surface area contributed by atoms with E-state index in [0.717, 1.165) is 5.56 Å². The number of amides is 1. The molecule has 0 aromatic heterocycles. The first-order chi connectivity index (χ1) is 13.0. The maximum Gasteiger partial charge on any atom is 0.270 e. The Labute approximate surface area is 172 Å². The first-order valence-corrected chi connectivity index (χ1v) is 9.59. The van der Waals surface area contributed by atoms with E-state index in [2.05, 4.69) is 6.58 Å². The fraction of sp³-hybridized carbons (Fsp3) is 0.100. The van der Waals surface area contributed by atoms with E-state index in [1.165, 1.54) is 16.7 Å². The summed E-state index contributed by atoms with van der Waals surface area (Å²) in [5, 5.41) is 0.547. The summed E-state index contributed by atoms with van der Waals surface area (Å²) < 4.78 is 11.4. The minimum Gasteiger partial charge on any atom is -0.493 e. The van der Waals surface area contributed by atoms with Crippen LogP contribution in [0.15, 0.2) is 60.0 Å². The van der Waals surface area contributed by atoms with Gasteiger partial charge in [0.2, 0.25) is 0 Å². The van der Waals surface area contributed by atoms with Crippen molar-refractivity contribution in [2.45, 2.75) is 0 Å². The summed E-state index contributed by atoms with van der Waals surface area (Å²) in [7, 11) is 1.57. The molecule has 0 unspecified atom stereocenters. The third-order valence-electron chi connectivity index (χ3n) is 3.70. The number of carbonyl (C=O) groups is 1. The molecule has 0 bridgehead atoms. The van der Waals surface area contributed by atoms with Crippen molar-refractivity contribution in [3.63, 3.8) is 0 Å². The predicted molar refractivity (Wildman–Crippen MR) is 116 cm³/mol. The van der Waals surface area contributed by atoms with Gasteiger partial charge in [0.05, 0.1) is 17.7 Å². The number of nitrogens with zero attached hydrogens (tertiary/aromatic N) is 1. The molecule has 4 nitrogen and oxygen atoms in total. The molecule has 2 aromatic carbocycles. The van der Waals surface area contributed by atoms with Gasteiger partial charge >= 0.3 is 0 Å². The molecule has 0 atom stereocenters. The Morgan fingerprint density at radius 1 is 1.26 bits per heavy atom. The van der Waals surface area contributed by atoms with Crippen molar-refractivity contribution in [3.8, 4) is 11.5 Å². The molecule has 3 rings (SSSR count). The van der Waals surface area contributed by atoms with Gasteiger partial charge in [0, 0.05) is 5.02 Å². The number of ether oxygens (including phenoxy) is 2. The second kappa shape index (κ2) is 8.61. The van der Waals surface area contributed by atoms with E-state index in [4.69, 9.17) is 33.3 Å². The number of anilines is 1. The maximum atomic E-state index is 12.8. The van der Waals surface area contributed by atoms with E-state index >= 15 is 0 Å². The van der Waals surface area contributed by atoms with Gasteiger partial charge < -0.3 is 9.47 Å². The third-order valence-corrected chi connectivity index (χ3v) is 5.24. The molecule has 1 aliphatic rings. The van der Waals surface area contributed by atoms with Crippen LogP contribution in [0.1, 0.15) is 5.56 Å². The number of thioether (sulfide) groups is 1. The Hall–Kier alpha value is -2.28. The highest BCUT2D eigenvalue weighted by Crippen LogP contribution is 2.37. The molecular formula is C20H16ClNO3S2. The average Bonchev–Trinajstić information content (AvgIpc) is 2.93. The number of halogens is 1. The van der Waals surface area contributed by atoms with Crippen molar-refractivity contribution in [3.05, 3.63) is 70.6 Å². The molecule has 0 saturated carbocycles. The van der Waals surface area contributed by atoms with E-state index in [-0.39, 0.29) is 5.91 Å². The Kier molecular flexibility index (Phi) is 6.21. The van der Waals surface area contributed by atoms with E-state index < -0.39 is 0 Å². The molecule has 0 radical (unpaired) electrons. The zero-order valence-electron chi connectivity index (χ0n) is 14.5. The van der Waals surface area contributed by atoms with Crippen LogP contribution in [0.2, 0.25) is 5.02 Å². The Balaban J connectivity index is 1.88. The van der Waals surface area contributed by atoms with Crippen LogP contribution in [0, 0.1) is 0 Å². The molecule has 0 aliphatic carbocycles. The highest BCUT2D eigenvalue weighted by atomic mass is 35.5. The SMILES string of the molecule is C=CCOc1ccc(C=C2SC(=S)N(c3cccc(Cl)c3)C2=O)cc1OC. The van der Waals surface area contributed by atoms with Crippen LogP contribution in [0.5, 0.6) is 11.5 Å². The van der Waals surface area contributed by atoms with Crippen molar-refractivity contribution in [1.29, 1.82) is 0 Å². The zero-order chi connectivity index (χ0) is 19.4. The van der Waals surface area contributed by atoms with Gasteiger partial charge in [0.1, 0.15) is 6.61 Å². The van der Waals surface area contributed by atoms with E-state index in [9.17, 15) is 4.79 Å². The van der Waals surface area contributed by atoms with Gasteiger partial charge in [0.25, 0.3) is 5.91 Å². The van der Waals surface area contributed by atoms with Gasteiger partial charge in [-0.05, 0) is 42.0 Å². The van der Waals surface area contributed by atoms with Gasteiger partial charge in [-0.1, -0.05) is 60.4 Å². The summed E-state index contributed by atoms with van der Waals surface area (Å²) in [6.45, 7) is 4.01. The lowest BCUT2D eigenvalue weighted by Gasteiger charge is -2.14. The molecule has 1 saturated heterocycles. The normalized spacial score (nSPS) is 15.3. The first kappa shape index (κ1) is 19.5. The molecule has 1 aliphatic heterocycles. The molecule has 0 spiro atoms. The Morgan fingerprint density at radius 2 is 2.07 bits per heavy atom. The van der Waals surface area contributed by atoms with Crippen molar-refractivity contribution in [1.82, 2.24) is 0 Å². The number of methoxy groups -OCH3 is 1. The van der Waals surface area contributed by atoms with Gasteiger partial charge in [-0.2, -0.15) is 0 Å². The summed E-state index contributed by atoms with van der Waals surface area (Å²) in [5.41, 5.74) is 1.46. The van der Waals surface area contributed by atoms with Crippen molar-refractivity contribution in [2.24, 2.45) is 0 Å². The van der Waals surface area contributed by atoms with Crippen molar-refractivity contribution < 1.29 is 14.3 Å². The standard InChI is InChI=1S/C20H16ClNO3S2/c1-3-9-25-16-8-7-13(10-17(16)24-2)11-18-19(23)22(20(26)27-18)15-6-4-5-14(21)12-15/h3-8,10-12H,1,9H2,2H3. The molecule has 1 heterocycles. The quantitative estimate of drug-likeness (QED) is 0.361. The van der Waals surface area contributed by atoms with E-state index in [1.54, 1.807) is 49.6 Å². The van der Waals surface area contributed by atoms with E-state index in [1.807, 2.05) is 12.1 Å². The molecule has 27 heavy (non-hydrogen) atoms. The largest absolute Gasteiger partial charge is 0.493 e. The van der Waals surface area contributed by atoms with Crippen LogP contribution in [0.4, 0.5) is 5.69 Å². The highest BCUT2D eigenvalue weighted by Gasteiger charge is 2.33. The van der Waals surface area contributed by atoms with Gasteiger partial charge in [-0.25, -0.2) is 0 Å². The average molecular weight is 418 g/mol. The topological polar surface area (TPSA) is 38.8 Å². The molecule has 0 N–H and O–H groups in total. The van der Waals surface area contributed by atoms with Crippen molar-refractivity contribution in [2.75, 3.05) is 18.6 Å². The molecule has 2 aromatic rings. The Morgan fingerprint density at radius 3 is 2.78 bits per heavy atom. The van der Waals surface area contributed by atoms with Gasteiger partial charge in [-0.15, -0.1) is 0 Å². The number of carbonyl (C=O) groups excluding carboxylic acids is 1. The van der Waals surface area contributed by atoms with Crippen LogP contribution in [-0.4, -0.2) is 23.9 Å². The fourth-order valence-corrected chi connectivity index (χ4v) is 3.98. The summed E-state index contributed by atoms with van der Waals surface area (Å²) in [4.78, 5) is 14.8. The monoisotopic (exact) mass is 417 g/mol. The molecular weight excluding hydrogens is 402 g/mol. The number of hydrogen-bond acceptors (Lipinski definition) is 5. The minimum atomic E-state index is -0.182. The number of hydrogen-bond donors (Lipinski definition) is 0. The summed E-state index contributed by atoms with van der Waals surface area (Å²) in [5.74, 6) is 1.01. The second-order valence-corrected chi connectivity index (χ2v) is 7.62. The predicted octanol–water partition coefficient (Wildman–Crippen LogP) is 5.32. The first-order valence-electron chi connectivity index (χ1n) is 7.98. The zero-order valence-corrected chi connectivity index (χ0v) is 16.9. The summed E-state index contributed by atoms with van der Waals surface area (Å²) >= 11 is 12.7. The smallest absolute Gasteiger partial charge is 0.270 e. The van der Waals surface area contributed by atoms with Crippen LogP contribution >= 0.6 is 35.6 Å². The number of thiocarbonyl (C=S) groups is 1. The lowest BCUT2D eigenvalue weighted by molar-refractivity contribution is -0.113. The molecule has 7 heteroatoms. The fourth-order valence-electron chi connectivity index (χ4n) is 2.50. The van der Waals surface area contributed by atoms with E-state index in [0.29, 0.717) is 38.0 Å². The van der Waals surface area contributed by atoms with Crippen LogP contribution < -0.4 is 14.4 Å². The maximum absolute atomic E-state index is 12.8. The molecule has 1 fully saturated rings. The van der Waals surface area contributed by atoms with Gasteiger partial charge in [0.15, 0.2) is 15.8 Å². The van der Waals surface area contributed by atoms with Crippen molar-refractivity contribution >= 4 is 57.6 Å². The van der Waals surface area contributed by atoms with Crippen LogP contribution in [0.25, 0.3) is 6.08 Å². The number of benzene rings is 2. The minimum absolute atomic E-state index is 0.182. The summed E-state index contributed by atoms with van der Waals surface area (Å²) in [6, 6.07) is 12.5. The van der Waals surface area contributed by atoms with Gasteiger partial charge in [-0.3, -0.25) is 9.69 Å². The molecule has 138 valence electrons. The lowest BCUT2D eigenvalue weighted by atomic mass is 10.2. The summed E-state index contributed by atoms with van der Waals surface area (Å²) in [6.07, 6.45) is 3.44. The van der Waals surface area contributed by atoms with Crippen LogP contribution in [-0.2, 0) is 4.79 Å². The Bertz CT molecular complexity index is 943. The second-order valence-electron chi connectivity index (χ2n) is 5.51. The lowest BCUT2D eigenvalue weighted by Crippen LogP contribution is -2.27.